The van der Waals surface area contributed by atoms with Gasteiger partial charge in [0.05, 0.1) is 7.11 Å². The Morgan fingerprint density at radius 1 is 1.39 bits per heavy atom. The van der Waals surface area contributed by atoms with Gasteiger partial charge in [0.25, 0.3) is 0 Å². The number of nitrogens with zero attached hydrogens (tertiary/aromatic N) is 1. The maximum absolute atomic E-state index is 10.5. The van der Waals surface area contributed by atoms with Crippen LogP contribution in [0.1, 0.15) is 57.6 Å². The number of phenols is 1. The van der Waals surface area contributed by atoms with Crippen LogP contribution in [-0.4, -0.2) is 24.5 Å². The second-order valence-corrected chi connectivity index (χ2v) is 10.0. The topological polar surface area (TPSA) is 41.8 Å². The van der Waals surface area contributed by atoms with E-state index in [-0.39, 0.29) is 5.41 Å². The van der Waals surface area contributed by atoms with Crippen LogP contribution in [0, 0.1) is 0 Å². The van der Waals surface area contributed by atoms with Crippen molar-refractivity contribution in [3.05, 3.63) is 23.3 Å². The summed E-state index contributed by atoms with van der Waals surface area (Å²) in [5, 5.41) is 10.5. The van der Waals surface area contributed by atoms with E-state index < -0.39 is 20.8 Å². The fraction of sp³-hybridized carbons (Fsp3) is 0.588. The molecule has 0 radical (unpaired) electrons. The molecule has 2 rings (SSSR count). The van der Waals surface area contributed by atoms with E-state index in [1.54, 1.807) is 13.3 Å². The second-order valence-electron chi connectivity index (χ2n) is 6.28. The molecule has 0 aromatic heterocycles. The van der Waals surface area contributed by atoms with Gasteiger partial charge in [0, 0.05) is 23.4 Å². The van der Waals surface area contributed by atoms with Gasteiger partial charge in [-0.05, 0) is 43.2 Å². The van der Waals surface area contributed by atoms with Crippen LogP contribution >= 0.6 is 17.0 Å². The third kappa shape index (κ3) is 6.07. The third-order valence-corrected chi connectivity index (χ3v) is 4.46. The molecule has 1 saturated carbocycles. The second kappa shape index (κ2) is 10.1. The first-order valence-electron chi connectivity index (χ1n) is 7.80. The van der Waals surface area contributed by atoms with Gasteiger partial charge in [0.15, 0.2) is 0 Å². The Morgan fingerprint density at radius 2 is 2.00 bits per heavy atom. The van der Waals surface area contributed by atoms with Crippen molar-refractivity contribution in [2.45, 2.75) is 57.9 Å². The van der Waals surface area contributed by atoms with Gasteiger partial charge in [-0.1, -0.05) is 20.8 Å². The molecule has 1 aliphatic rings. The first-order valence-corrected chi connectivity index (χ1v) is 14.1. The molecule has 0 bridgehead atoms. The van der Waals surface area contributed by atoms with E-state index in [2.05, 4.69) is 25.8 Å². The summed E-state index contributed by atoms with van der Waals surface area (Å²) in [7, 11) is 11.5. The van der Waals surface area contributed by atoms with E-state index >= 15 is 0 Å². The average Bonchev–Trinajstić information content (AvgIpc) is 2.48. The van der Waals surface area contributed by atoms with Crippen LogP contribution in [0.25, 0.3) is 0 Å². The number of hydrogen-bond acceptors (Lipinski definition) is 3. The van der Waals surface area contributed by atoms with E-state index in [9.17, 15) is 5.11 Å². The van der Waals surface area contributed by atoms with E-state index in [1.807, 2.05) is 12.1 Å². The van der Waals surface area contributed by atoms with Crippen LogP contribution in [0.2, 0.25) is 0 Å². The summed E-state index contributed by atoms with van der Waals surface area (Å²) in [5.41, 5.74) is 1.60. The number of aliphatic imine (C=N–C) groups is 1. The fourth-order valence-electron chi connectivity index (χ4n) is 2.27. The third-order valence-electron chi connectivity index (χ3n) is 4.46. The zero-order chi connectivity index (χ0) is 17.5. The van der Waals surface area contributed by atoms with Crippen LogP contribution in [0.5, 0.6) is 11.5 Å². The molecule has 6 heteroatoms. The van der Waals surface area contributed by atoms with Gasteiger partial charge in [0.1, 0.15) is 11.5 Å². The first-order chi connectivity index (χ1) is 10.9. The monoisotopic (exact) mass is 435 g/mol. The average molecular weight is 438 g/mol. The summed E-state index contributed by atoms with van der Waals surface area (Å²) in [4.78, 5) is 4.54. The number of aromatic hydroxyl groups is 1. The van der Waals surface area contributed by atoms with E-state index in [1.165, 1.54) is 6.42 Å². The number of rotatable bonds is 5. The summed E-state index contributed by atoms with van der Waals surface area (Å²) in [5.74, 6) is 1.11. The normalized spacial score (nSPS) is 14.9. The number of methoxy groups -OCH3 is 1. The van der Waals surface area contributed by atoms with Crippen LogP contribution in [0.15, 0.2) is 17.1 Å². The zero-order valence-electron chi connectivity index (χ0n) is 14.2. The van der Waals surface area contributed by atoms with Crippen molar-refractivity contribution >= 4 is 23.2 Å². The molecule has 0 amide bonds. The van der Waals surface area contributed by atoms with Crippen molar-refractivity contribution < 1.29 is 30.7 Å². The summed E-state index contributed by atoms with van der Waals surface area (Å²) in [6, 6.07) is 4.22. The van der Waals surface area contributed by atoms with E-state index in [0.29, 0.717) is 11.8 Å². The summed E-state index contributed by atoms with van der Waals surface area (Å²) < 4.78 is 5.36. The van der Waals surface area contributed by atoms with Crippen molar-refractivity contribution in [2.75, 3.05) is 7.11 Å². The quantitative estimate of drug-likeness (QED) is 0.624. The molecule has 0 aliphatic heterocycles. The molecule has 128 valence electrons. The molecule has 0 heterocycles. The van der Waals surface area contributed by atoms with Crippen LogP contribution in [-0.2, 0) is 26.3 Å². The predicted octanol–water partition coefficient (Wildman–Crippen LogP) is 5.44. The maximum atomic E-state index is 10.5. The Hall–Kier alpha value is -0.0469. The Morgan fingerprint density at radius 3 is 2.43 bits per heavy atom. The molecule has 0 unspecified atom stereocenters. The van der Waals surface area contributed by atoms with Crippen LogP contribution in [0.4, 0.5) is 0 Å². The molecule has 1 aromatic rings. The zero-order valence-corrected chi connectivity index (χ0v) is 18.2. The number of phenolic OH excluding ortho intramolecular Hbond substituents is 1. The molecule has 3 nitrogen and oxygen atoms in total. The van der Waals surface area contributed by atoms with Gasteiger partial charge in [-0.15, -0.1) is 0 Å². The number of hydrogen-bond donors (Lipinski definition) is 1. The Kier molecular flexibility index (Phi) is 9.18. The van der Waals surface area contributed by atoms with Crippen LogP contribution in [0.3, 0.4) is 0 Å². The summed E-state index contributed by atoms with van der Waals surface area (Å²) in [6.45, 7) is 6.39. The number of benzene rings is 1. The van der Waals surface area contributed by atoms with E-state index in [4.69, 9.17) is 21.8 Å². The molecule has 1 aromatic carbocycles. The van der Waals surface area contributed by atoms with E-state index in [0.717, 1.165) is 36.1 Å². The molecule has 0 spiro atoms. The minimum absolute atomic E-state index is 0.0856. The molecule has 23 heavy (non-hydrogen) atoms. The molecule has 1 aliphatic carbocycles. The molecule has 1 N–H and O–H groups in total. The predicted molar refractivity (Wildman–Crippen MR) is 94.9 cm³/mol. The van der Waals surface area contributed by atoms with Gasteiger partial charge in [-0.2, -0.15) is 0 Å². The molecular formula is C17H25Cl2NO2Zr. The molecule has 0 saturated heterocycles. The Labute approximate surface area is 158 Å². The fourth-order valence-corrected chi connectivity index (χ4v) is 2.27. The van der Waals surface area contributed by atoms with Gasteiger partial charge >= 0.3 is 37.9 Å². The SMILES string of the molecule is CCC(C)(C)c1cc(OC)cc(C=NC2CCC2)c1O.[Cl][Zr][Cl]. The van der Waals surface area contributed by atoms with Crippen LogP contribution < -0.4 is 4.74 Å². The molecule has 0 atom stereocenters. The first kappa shape index (κ1) is 21.0. The van der Waals surface area contributed by atoms with Gasteiger partial charge in [-0.25, -0.2) is 0 Å². The van der Waals surface area contributed by atoms with Crippen molar-refractivity contribution in [2.24, 2.45) is 4.99 Å². The van der Waals surface area contributed by atoms with Crippen molar-refractivity contribution in [3.63, 3.8) is 0 Å². The summed E-state index contributed by atoms with van der Waals surface area (Å²) >= 11 is -0.826. The Balaban J connectivity index is 0.000000816. The number of ether oxygens (including phenoxy) is 1. The van der Waals surface area contributed by atoms with Crippen molar-refractivity contribution in [1.29, 1.82) is 0 Å². The molecular weight excluding hydrogens is 412 g/mol. The van der Waals surface area contributed by atoms with Gasteiger partial charge < -0.3 is 9.84 Å². The van der Waals surface area contributed by atoms with Crippen molar-refractivity contribution in [3.8, 4) is 11.5 Å². The van der Waals surface area contributed by atoms with Gasteiger partial charge in [0.2, 0.25) is 0 Å². The molecule has 1 fully saturated rings. The standard InChI is InChI=1S/C17H25NO2.2ClH.Zr/c1-5-17(2,3)15-10-14(20-4)9-12(16(15)19)11-18-13-7-6-8-13;;;/h9-11,13,19H,5-8H2,1-4H3;2*1H;/q;;;+2/p-2. The van der Waals surface area contributed by atoms with Gasteiger partial charge in [-0.3, -0.25) is 4.99 Å². The van der Waals surface area contributed by atoms with Crippen molar-refractivity contribution in [1.82, 2.24) is 0 Å². The summed E-state index contributed by atoms with van der Waals surface area (Å²) in [6.07, 6.45) is 6.34. The Bertz CT molecular complexity index is 532. The minimum atomic E-state index is -0.826. The number of halogens is 2.